The Morgan fingerprint density at radius 3 is 2.30 bits per heavy atom. The first-order valence-corrected chi connectivity index (χ1v) is 5.85. The zero-order valence-electron chi connectivity index (χ0n) is 10.4. The largest absolute Gasteiger partial charge is 0.417 e. The van der Waals surface area contributed by atoms with Gasteiger partial charge in [-0.15, -0.1) is 0 Å². The van der Waals surface area contributed by atoms with Gasteiger partial charge in [-0.1, -0.05) is 53.7 Å². The summed E-state index contributed by atoms with van der Waals surface area (Å²) in [7, 11) is 0. The third-order valence-electron chi connectivity index (χ3n) is 2.54. The summed E-state index contributed by atoms with van der Waals surface area (Å²) < 4.78 is 38.1. The van der Waals surface area contributed by atoms with Crippen molar-refractivity contribution in [2.45, 2.75) is 12.8 Å². The van der Waals surface area contributed by atoms with Crippen molar-refractivity contribution in [1.29, 1.82) is 0 Å². The number of hydrogen-bond acceptors (Lipinski definition) is 2. The summed E-state index contributed by atoms with van der Waals surface area (Å²) in [4.78, 5) is 4.94. The van der Waals surface area contributed by atoms with E-state index >= 15 is 0 Å². The second kappa shape index (κ2) is 6.23. The molecule has 103 valence electrons. The smallest absolute Gasteiger partial charge is 0.390 e. The van der Waals surface area contributed by atoms with Crippen LogP contribution in [-0.2, 0) is 17.6 Å². The summed E-state index contributed by atoms with van der Waals surface area (Å²) >= 11 is 0. The summed E-state index contributed by atoms with van der Waals surface area (Å²) in [6, 6.07) is 14.3. The van der Waals surface area contributed by atoms with Gasteiger partial charge in [-0.25, -0.2) is 0 Å². The quantitative estimate of drug-likeness (QED) is 0.608. The van der Waals surface area contributed by atoms with Gasteiger partial charge in [-0.3, -0.25) is 0 Å². The molecule has 1 radical (unpaired) electrons. The fraction of sp³-hybridized carbons (Fsp3) is 0.133. The summed E-state index contributed by atoms with van der Waals surface area (Å²) in [6.07, 6.45) is -2.16. The van der Waals surface area contributed by atoms with Gasteiger partial charge >= 0.3 is 6.18 Å². The van der Waals surface area contributed by atoms with Crippen LogP contribution in [0.15, 0.2) is 59.8 Å². The zero-order valence-corrected chi connectivity index (χ0v) is 10.4. The predicted molar refractivity (Wildman–Crippen MR) is 69.2 cm³/mol. The molecule has 0 bridgehead atoms. The topological polar surface area (TPSA) is 21.6 Å². The maximum Gasteiger partial charge on any atom is 0.417 e. The summed E-state index contributed by atoms with van der Waals surface area (Å²) in [5.41, 5.74) is -0.0534. The van der Waals surface area contributed by atoms with E-state index in [1.165, 1.54) is 18.2 Å². The van der Waals surface area contributed by atoms with Crippen LogP contribution in [-0.4, -0.2) is 6.21 Å². The van der Waals surface area contributed by atoms with Crippen LogP contribution < -0.4 is 0 Å². The lowest BCUT2D eigenvalue weighted by molar-refractivity contribution is -0.137. The molecule has 0 fully saturated rings. The molecule has 0 spiro atoms. The van der Waals surface area contributed by atoms with Gasteiger partial charge in [0, 0.05) is 5.56 Å². The highest BCUT2D eigenvalue weighted by molar-refractivity contribution is 5.81. The van der Waals surface area contributed by atoms with Crippen molar-refractivity contribution in [3.8, 4) is 0 Å². The Labute approximate surface area is 114 Å². The van der Waals surface area contributed by atoms with Crippen LogP contribution >= 0.6 is 0 Å². The van der Waals surface area contributed by atoms with Crippen LogP contribution in [0.4, 0.5) is 13.2 Å². The number of nitrogens with zero attached hydrogens (tertiary/aromatic N) is 1. The third kappa shape index (κ3) is 3.85. The fourth-order valence-corrected chi connectivity index (χ4v) is 1.59. The number of alkyl halides is 3. The summed E-state index contributed by atoms with van der Waals surface area (Å²) in [5, 5.41) is 3.46. The molecule has 0 aliphatic rings. The highest BCUT2D eigenvalue weighted by Crippen LogP contribution is 2.31. The Balaban J connectivity index is 2.02. The Kier molecular flexibility index (Phi) is 4.40. The Morgan fingerprint density at radius 1 is 0.950 bits per heavy atom. The molecule has 0 heterocycles. The maximum absolute atomic E-state index is 12.7. The molecule has 2 nitrogen and oxygen atoms in total. The standard InChI is InChI=1S/C15H11F3NO/c16-15(17,18)14-9-5-4-8-13(14)10-19-20-11-12-6-2-1-3-7-12/h1-9H,11H2. The van der Waals surface area contributed by atoms with Gasteiger partial charge in [0.05, 0.1) is 5.56 Å². The zero-order chi connectivity index (χ0) is 14.4. The highest BCUT2D eigenvalue weighted by atomic mass is 19.4. The number of halogens is 3. The highest BCUT2D eigenvalue weighted by Gasteiger charge is 2.32. The number of benzene rings is 2. The lowest BCUT2D eigenvalue weighted by Gasteiger charge is -2.08. The van der Waals surface area contributed by atoms with Crippen LogP contribution in [0.25, 0.3) is 0 Å². The molecule has 0 N–H and O–H groups in total. The van der Waals surface area contributed by atoms with Crippen LogP contribution in [0.1, 0.15) is 16.7 Å². The molecule has 0 unspecified atom stereocenters. The molecule has 0 aliphatic heterocycles. The average molecular weight is 278 g/mol. The summed E-state index contributed by atoms with van der Waals surface area (Å²) in [6.45, 7) is 0.183. The molecule has 2 aromatic carbocycles. The van der Waals surface area contributed by atoms with E-state index in [-0.39, 0.29) is 12.2 Å². The Morgan fingerprint density at radius 2 is 1.60 bits per heavy atom. The van der Waals surface area contributed by atoms with E-state index in [0.29, 0.717) is 0 Å². The molecular formula is C15H11F3NO. The lowest BCUT2D eigenvalue weighted by Crippen LogP contribution is -2.08. The molecule has 0 aromatic heterocycles. The second-order valence-corrected chi connectivity index (χ2v) is 4.01. The normalized spacial score (nSPS) is 11.8. The van der Waals surface area contributed by atoms with Gasteiger partial charge in [0.25, 0.3) is 0 Å². The molecule has 2 rings (SSSR count). The van der Waals surface area contributed by atoms with Gasteiger partial charge in [0.1, 0.15) is 12.8 Å². The first-order valence-electron chi connectivity index (χ1n) is 5.85. The third-order valence-corrected chi connectivity index (χ3v) is 2.54. The lowest BCUT2D eigenvalue weighted by atomic mass is 10.1. The van der Waals surface area contributed by atoms with E-state index in [0.717, 1.165) is 11.6 Å². The van der Waals surface area contributed by atoms with E-state index in [9.17, 15) is 13.2 Å². The van der Waals surface area contributed by atoms with E-state index in [4.69, 9.17) is 4.84 Å². The molecule has 0 aliphatic carbocycles. The predicted octanol–water partition coefficient (Wildman–Crippen LogP) is 4.13. The van der Waals surface area contributed by atoms with Crippen molar-refractivity contribution in [3.05, 3.63) is 71.3 Å². The minimum Gasteiger partial charge on any atom is -0.390 e. The van der Waals surface area contributed by atoms with Crippen molar-refractivity contribution < 1.29 is 18.0 Å². The Hall–Kier alpha value is -2.30. The van der Waals surface area contributed by atoms with Gasteiger partial charge < -0.3 is 4.84 Å². The first-order chi connectivity index (χ1) is 9.57. The van der Waals surface area contributed by atoms with E-state index in [1.807, 2.05) is 30.3 Å². The summed E-state index contributed by atoms with van der Waals surface area (Å²) in [5.74, 6) is 0. The van der Waals surface area contributed by atoms with E-state index < -0.39 is 11.7 Å². The first kappa shape index (κ1) is 14.1. The van der Waals surface area contributed by atoms with Crippen molar-refractivity contribution >= 4 is 6.21 Å². The number of rotatable bonds is 4. The molecule has 0 saturated heterocycles. The van der Waals surface area contributed by atoms with Crippen molar-refractivity contribution in [2.24, 2.45) is 5.16 Å². The minimum atomic E-state index is -4.43. The minimum absolute atomic E-state index is 0.145. The van der Waals surface area contributed by atoms with Crippen molar-refractivity contribution in [3.63, 3.8) is 0 Å². The molecule has 0 amide bonds. The molecule has 0 atom stereocenters. The SMILES string of the molecule is FC(F)(F)c1ccccc1/[C]=N\OCc1ccccc1. The van der Waals surface area contributed by atoms with Crippen LogP contribution in [0.2, 0.25) is 0 Å². The van der Waals surface area contributed by atoms with Crippen LogP contribution in [0.3, 0.4) is 0 Å². The van der Waals surface area contributed by atoms with Gasteiger partial charge in [0.2, 0.25) is 0 Å². The van der Waals surface area contributed by atoms with Gasteiger partial charge in [-0.05, 0) is 11.6 Å². The Bertz CT molecular complexity index is 579. The second-order valence-electron chi connectivity index (χ2n) is 4.01. The fourth-order valence-electron chi connectivity index (χ4n) is 1.59. The molecular weight excluding hydrogens is 267 g/mol. The van der Waals surface area contributed by atoms with Crippen molar-refractivity contribution in [1.82, 2.24) is 0 Å². The maximum atomic E-state index is 12.7. The van der Waals surface area contributed by atoms with E-state index in [1.54, 1.807) is 0 Å². The average Bonchev–Trinajstić information content (AvgIpc) is 2.44. The molecule has 20 heavy (non-hydrogen) atoms. The van der Waals surface area contributed by atoms with Crippen LogP contribution in [0.5, 0.6) is 0 Å². The van der Waals surface area contributed by atoms with E-state index in [2.05, 4.69) is 11.4 Å². The molecule has 0 saturated carbocycles. The molecule has 5 heteroatoms. The van der Waals surface area contributed by atoms with Gasteiger partial charge in [0.15, 0.2) is 0 Å². The van der Waals surface area contributed by atoms with Crippen molar-refractivity contribution in [2.75, 3.05) is 0 Å². The molecule has 2 aromatic rings. The number of hydrogen-bond donors (Lipinski definition) is 0. The monoisotopic (exact) mass is 278 g/mol. The van der Waals surface area contributed by atoms with Gasteiger partial charge in [-0.2, -0.15) is 13.2 Å². The van der Waals surface area contributed by atoms with Crippen LogP contribution in [0, 0.1) is 0 Å².